The van der Waals surface area contributed by atoms with E-state index in [-0.39, 0.29) is 27.0 Å². The minimum Gasteiger partial charge on any atom is -0.433 e. The molecule has 0 radical (unpaired) electrons. The summed E-state index contributed by atoms with van der Waals surface area (Å²) in [6.07, 6.45) is 4.01. The Hall–Kier alpha value is -2.17. The fourth-order valence-corrected chi connectivity index (χ4v) is 4.93. The Labute approximate surface area is 172 Å². The number of anilines is 1. The lowest BCUT2D eigenvalue weighted by atomic mass is 10.2. The first kappa shape index (κ1) is 21.5. The van der Waals surface area contributed by atoms with Crippen molar-refractivity contribution < 1.29 is 26.7 Å². The van der Waals surface area contributed by atoms with Crippen LogP contribution in [0.5, 0.6) is 5.75 Å². The van der Waals surface area contributed by atoms with E-state index in [1.54, 1.807) is 7.05 Å². The number of aromatic nitrogens is 1. The molecule has 0 spiro atoms. The third-order valence-electron chi connectivity index (χ3n) is 4.57. The van der Waals surface area contributed by atoms with E-state index in [0.717, 1.165) is 19.3 Å². The number of rotatable bonds is 6. The number of ether oxygens (including phenoxy) is 1. The zero-order valence-corrected chi connectivity index (χ0v) is 17.1. The third kappa shape index (κ3) is 4.88. The number of hydrogen-bond acceptors (Lipinski definition) is 4. The van der Waals surface area contributed by atoms with Gasteiger partial charge in [-0.25, -0.2) is 8.42 Å². The third-order valence-corrected chi connectivity index (χ3v) is 6.73. The Bertz CT molecular complexity index is 1000. The summed E-state index contributed by atoms with van der Waals surface area (Å²) in [6.45, 7) is -2.09. The average molecular weight is 448 g/mol. The SMILES string of the molecule is Cn1cc(S(=O)(=O)N2CCCCC2)cc1C(=O)Nc1ccc(OC(F)F)c(Cl)c1. The molecule has 2 aromatic rings. The summed E-state index contributed by atoms with van der Waals surface area (Å²) in [5.74, 6) is -0.778. The van der Waals surface area contributed by atoms with Crippen LogP contribution in [0.2, 0.25) is 5.02 Å². The number of nitrogens with one attached hydrogen (secondary N) is 1. The molecule has 7 nitrogen and oxygen atoms in total. The van der Waals surface area contributed by atoms with Crippen molar-refractivity contribution in [3.63, 3.8) is 0 Å². The lowest BCUT2D eigenvalue weighted by Gasteiger charge is -2.25. The first-order chi connectivity index (χ1) is 13.7. The van der Waals surface area contributed by atoms with Crippen molar-refractivity contribution in [2.45, 2.75) is 30.8 Å². The van der Waals surface area contributed by atoms with E-state index in [1.807, 2.05) is 0 Å². The molecule has 0 bridgehead atoms. The molecule has 1 aliphatic heterocycles. The van der Waals surface area contributed by atoms with Crippen molar-refractivity contribution in [2.24, 2.45) is 7.05 Å². The molecule has 1 saturated heterocycles. The summed E-state index contributed by atoms with van der Waals surface area (Å²) in [5, 5.41) is 2.47. The predicted molar refractivity (Wildman–Crippen MR) is 104 cm³/mol. The number of sulfonamides is 1. The lowest BCUT2D eigenvalue weighted by molar-refractivity contribution is -0.0497. The highest BCUT2D eigenvalue weighted by Gasteiger charge is 2.28. The van der Waals surface area contributed by atoms with Gasteiger partial charge in [0.15, 0.2) is 0 Å². The molecular weight excluding hydrogens is 428 g/mol. The van der Waals surface area contributed by atoms with Gasteiger partial charge in [0.25, 0.3) is 5.91 Å². The van der Waals surface area contributed by atoms with Crippen molar-refractivity contribution in [1.29, 1.82) is 0 Å². The predicted octanol–water partition coefficient (Wildman–Crippen LogP) is 3.71. The second-order valence-corrected chi connectivity index (χ2v) is 8.96. The molecule has 1 aliphatic rings. The minimum atomic E-state index is -3.67. The second kappa shape index (κ2) is 8.68. The zero-order chi connectivity index (χ0) is 21.2. The molecule has 2 heterocycles. The van der Waals surface area contributed by atoms with Gasteiger partial charge in [-0.3, -0.25) is 4.79 Å². The van der Waals surface area contributed by atoms with Crippen LogP contribution in [0.15, 0.2) is 35.4 Å². The maximum atomic E-state index is 12.8. The normalized spacial score (nSPS) is 15.5. The summed E-state index contributed by atoms with van der Waals surface area (Å²) < 4.78 is 57.3. The van der Waals surface area contributed by atoms with Gasteiger partial charge < -0.3 is 14.6 Å². The quantitative estimate of drug-likeness (QED) is 0.732. The number of amides is 1. The van der Waals surface area contributed by atoms with E-state index in [1.165, 1.54) is 39.3 Å². The van der Waals surface area contributed by atoms with E-state index >= 15 is 0 Å². The summed E-state index contributed by atoms with van der Waals surface area (Å²) in [6, 6.07) is 5.15. The molecule has 0 saturated carbocycles. The number of aryl methyl sites for hydroxylation is 1. The van der Waals surface area contributed by atoms with Crippen LogP contribution in [-0.2, 0) is 17.1 Å². The highest BCUT2D eigenvalue weighted by molar-refractivity contribution is 7.89. The molecule has 0 aliphatic carbocycles. The summed E-state index contributed by atoms with van der Waals surface area (Å²) in [4.78, 5) is 12.6. The summed E-state index contributed by atoms with van der Waals surface area (Å²) in [5.41, 5.74) is 0.382. The Morgan fingerprint density at radius 2 is 1.90 bits per heavy atom. The minimum absolute atomic E-state index is 0.0470. The molecule has 158 valence electrons. The highest BCUT2D eigenvalue weighted by Crippen LogP contribution is 2.29. The van der Waals surface area contributed by atoms with Crippen LogP contribution in [0.1, 0.15) is 29.8 Å². The van der Waals surface area contributed by atoms with Gasteiger partial charge in [-0.15, -0.1) is 0 Å². The molecule has 1 fully saturated rings. The summed E-state index contributed by atoms with van der Waals surface area (Å²) >= 11 is 5.88. The maximum absolute atomic E-state index is 12.8. The van der Waals surface area contributed by atoms with Crippen molar-refractivity contribution in [1.82, 2.24) is 8.87 Å². The number of benzene rings is 1. The Balaban J connectivity index is 1.77. The molecule has 1 aromatic heterocycles. The van der Waals surface area contributed by atoms with Crippen molar-refractivity contribution >= 4 is 33.2 Å². The van der Waals surface area contributed by atoms with E-state index in [2.05, 4.69) is 10.1 Å². The monoisotopic (exact) mass is 447 g/mol. The second-order valence-electron chi connectivity index (χ2n) is 6.61. The molecule has 0 atom stereocenters. The van der Waals surface area contributed by atoms with Gasteiger partial charge in [-0.1, -0.05) is 18.0 Å². The molecule has 1 aromatic carbocycles. The van der Waals surface area contributed by atoms with Crippen LogP contribution in [0.3, 0.4) is 0 Å². The lowest BCUT2D eigenvalue weighted by Crippen LogP contribution is -2.35. The molecule has 29 heavy (non-hydrogen) atoms. The van der Waals surface area contributed by atoms with Gasteiger partial charge in [0.05, 0.1) is 5.02 Å². The first-order valence-corrected chi connectivity index (χ1v) is 10.7. The number of carbonyl (C=O) groups is 1. The molecule has 3 rings (SSSR count). The zero-order valence-electron chi connectivity index (χ0n) is 15.6. The van der Waals surface area contributed by atoms with Crippen molar-refractivity contribution in [3.8, 4) is 5.75 Å². The number of alkyl halides is 2. The molecular formula is C18H20ClF2N3O4S. The van der Waals surface area contributed by atoms with Gasteiger partial charge in [0.2, 0.25) is 10.0 Å². The summed E-state index contributed by atoms with van der Waals surface area (Å²) in [7, 11) is -2.10. The van der Waals surface area contributed by atoms with Crippen LogP contribution in [0.25, 0.3) is 0 Å². The molecule has 1 N–H and O–H groups in total. The van der Waals surface area contributed by atoms with Crippen LogP contribution in [0.4, 0.5) is 14.5 Å². The highest BCUT2D eigenvalue weighted by atomic mass is 35.5. The number of piperidine rings is 1. The smallest absolute Gasteiger partial charge is 0.387 e. The number of carbonyl (C=O) groups excluding carboxylic acids is 1. The van der Waals surface area contributed by atoms with Crippen molar-refractivity contribution in [2.75, 3.05) is 18.4 Å². The standard InChI is InChI=1S/C18H20ClF2N3O4S/c1-23-11-13(29(26,27)24-7-3-2-4-8-24)10-15(23)17(25)22-12-5-6-16(14(19)9-12)28-18(20)21/h5-6,9-11,18H,2-4,7-8H2,1H3,(H,22,25). The molecule has 0 unspecified atom stereocenters. The Morgan fingerprint density at radius 1 is 1.21 bits per heavy atom. The van der Waals surface area contributed by atoms with Crippen LogP contribution < -0.4 is 10.1 Å². The van der Waals surface area contributed by atoms with E-state index in [9.17, 15) is 22.0 Å². The first-order valence-electron chi connectivity index (χ1n) is 8.90. The Morgan fingerprint density at radius 3 is 2.52 bits per heavy atom. The maximum Gasteiger partial charge on any atom is 0.387 e. The van der Waals surface area contributed by atoms with Gasteiger partial charge in [0, 0.05) is 32.0 Å². The fourth-order valence-electron chi connectivity index (χ4n) is 3.12. The Kier molecular flexibility index (Phi) is 6.45. The average Bonchev–Trinajstić information content (AvgIpc) is 3.07. The number of hydrogen-bond donors (Lipinski definition) is 1. The van der Waals surface area contributed by atoms with Crippen LogP contribution >= 0.6 is 11.6 Å². The van der Waals surface area contributed by atoms with Gasteiger partial charge in [0.1, 0.15) is 16.3 Å². The topological polar surface area (TPSA) is 80.6 Å². The van der Waals surface area contributed by atoms with E-state index in [0.29, 0.717) is 13.1 Å². The van der Waals surface area contributed by atoms with E-state index < -0.39 is 22.5 Å². The largest absolute Gasteiger partial charge is 0.433 e. The van der Waals surface area contributed by atoms with Crippen LogP contribution in [-0.4, -0.2) is 42.9 Å². The number of nitrogens with zero attached hydrogens (tertiary/aromatic N) is 2. The van der Waals surface area contributed by atoms with Gasteiger partial charge in [-0.05, 0) is 37.1 Å². The number of halogens is 3. The fraction of sp³-hybridized carbons (Fsp3) is 0.389. The van der Waals surface area contributed by atoms with E-state index in [4.69, 9.17) is 11.6 Å². The van der Waals surface area contributed by atoms with Gasteiger partial charge >= 0.3 is 6.61 Å². The van der Waals surface area contributed by atoms with Crippen molar-refractivity contribution in [3.05, 3.63) is 41.2 Å². The molecule has 1 amide bonds. The van der Waals surface area contributed by atoms with Gasteiger partial charge in [-0.2, -0.15) is 13.1 Å². The van der Waals surface area contributed by atoms with Crippen LogP contribution in [0, 0.1) is 0 Å². The molecule has 11 heteroatoms.